The Bertz CT molecular complexity index is 1190. The van der Waals surface area contributed by atoms with E-state index in [9.17, 15) is 45.5 Å². The van der Waals surface area contributed by atoms with E-state index in [4.69, 9.17) is 0 Å². The first kappa shape index (κ1) is 23.0. The first-order chi connectivity index (χ1) is 15.8. The Hall–Kier alpha value is -4.22. The van der Waals surface area contributed by atoms with E-state index in [1.165, 1.54) is 0 Å². The molecule has 2 aromatic rings. The number of carbonyl (C=O) groups excluding carboxylic acids is 4. The van der Waals surface area contributed by atoms with E-state index in [-0.39, 0.29) is 0 Å². The van der Waals surface area contributed by atoms with Crippen LogP contribution in [0, 0.1) is 0 Å². The van der Waals surface area contributed by atoms with E-state index in [1.54, 1.807) is 0 Å². The van der Waals surface area contributed by atoms with E-state index in [0.717, 1.165) is 48.6 Å². The fraction of sp³-hybridized carbons (Fsp3) is 0.0909. The highest BCUT2D eigenvalue weighted by Gasteiger charge is 2.40. The van der Waals surface area contributed by atoms with Crippen molar-refractivity contribution in [3.05, 3.63) is 71.8 Å². The molecule has 12 heteroatoms. The van der Waals surface area contributed by atoms with E-state index < -0.39 is 69.6 Å². The maximum atomic E-state index is 13.9. The lowest BCUT2D eigenvalue weighted by Crippen LogP contribution is -2.30. The molecule has 0 saturated carbocycles. The molecule has 0 radical (unpaired) electrons. The molecule has 2 heterocycles. The molecule has 0 N–H and O–H groups in total. The van der Waals surface area contributed by atoms with Gasteiger partial charge in [-0.15, -0.1) is 0 Å². The van der Waals surface area contributed by atoms with Crippen molar-refractivity contribution in [2.24, 2.45) is 0 Å². The number of benzene rings is 2. The third-order valence-electron chi connectivity index (χ3n) is 5.04. The molecule has 6 nitrogen and oxygen atoms in total. The third kappa shape index (κ3) is 3.87. The normalized spacial score (nSPS) is 16.4. The summed E-state index contributed by atoms with van der Waals surface area (Å²) in [6.45, 7) is 0. The molecule has 2 aliphatic rings. The average Bonchev–Trinajstić information content (AvgIpc) is 3.26. The third-order valence-corrected chi connectivity index (χ3v) is 5.04. The highest BCUT2D eigenvalue weighted by molar-refractivity contribution is 6.29. The number of carbonyl (C=O) groups is 4. The Morgan fingerprint density at radius 1 is 0.500 bits per heavy atom. The van der Waals surface area contributed by atoms with Gasteiger partial charge in [-0.3, -0.25) is 19.2 Å². The van der Waals surface area contributed by atoms with Crippen molar-refractivity contribution < 1.29 is 45.5 Å². The Morgan fingerprint density at radius 3 is 1.06 bits per heavy atom. The number of alkyl halides is 6. The van der Waals surface area contributed by atoms with Gasteiger partial charge in [-0.05, 0) is 35.4 Å². The number of imide groups is 2. The summed E-state index contributed by atoms with van der Waals surface area (Å²) in [6.07, 6.45) is -6.92. The Kier molecular flexibility index (Phi) is 5.18. The zero-order chi connectivity index (χ0) is 25.0. The molecule has 4 amide bonds. The van der Waals surface area contributed by atoms with Crippen LogP contribution in [0.4, 0.5) is 37.7 Å². The van der Waals surface area contributed by atoms with Crippen molar-refractivity contribution in [1.29, 1.82) is 0 Å². The summed E-state index contributed by atoms with van der Waals surface area (Å²) >= 11 is 0. The monoisotopic (exact) mass is 480 g/mol. The predicted molar refractivity (Wildman–Crippen MR) is 105 cm³/mol. The van der Waals surface area contributed by atoms with Gasteiger partial charge < -0.3 is 0 Å². The first-order valence-electron chi connectivity index (χ1n) is 9.34. The second kappa shape index (κ2) is 7.68. The molecule has 0 unspecified atom stereocenters. The number of nitrogens with zero attached hydrogens (tertiary/aromatic N) is 2. The van der Waals surface area contributed by atoms with Gasteiger partial charge in [-0.2, -0.15) is 26.3 Å². The Balaban J connectivity index is 1.89. The SMILES string of the molecule is O=C1C=CC(=O)N1c1ccc(-c2ccc(N3C(=O)C=CC3=O)cc2C(F)(F)F)c(C(F)(F)F)c1. The van der Waals surface area contributed by atoms with Crippen LogP contribution in [0.25, 0.3) is 11.1 Å². The quantitative estimate of drug-likeness (QED) is 0.487. The van der Waals surface area contributed by atoms with Crippen molar-refractivity contribution in [2.45, 2.75) is 12.4 Å². The fourth-order valence-electron chi connectivity index (χ4n) is 3.59. The molecule has 34 heavy (non-hydrogen) atoms. The first-order valence-corrected chi connectivity index (χ1v) is 9.34. The van der Waals surface area contributed by atoms with Crippen LogP contribution in [0.2, 0.25) is 0 Å². The predicted octanol–water partition coefficient (Wildman–Crippen LogP) is 4.25. The molecular formula is C22H10F6N2O4. The average molecular weight is 480 g/mol. The minimum absolute atomic E-state index is 0.406. The maximum Gasteiger partial charge on any atom is 0.417 e. The number of anilines is 2. The number of hydrogen-bond acceptors (Lipinski definition) is 4. The van der Waals surface area contributed by atoms with Crippen LogP contribution >= 0.6 is 0 Å². The molecule has 174 valence electrons. The largest absolute Gasteiger partial charge is 0.417 e. The smallest absolute Gasteiger partial charge is 0.269 e. The van der Waals surface area contributed by atoms with Crippen LogP contribution in [0.1, 0.15) is 11.1 Å². The molecule has 4 rings (SSSR count). The van der Waals surface area contributed by atoms with Gasteiger partial charge in [0.05, 0.1) is 22.5 Å². The summed E-state index contributed by atoms with van der Waals surface area (Å²) in [6, 6.07) is 4.08. The number of amides is 4. The number of halogens is 6. The number of hydrogen-bond donors (Lipinski definition) is 0. The van der Waals surface area contributed by atoms with E-state index in [1.807, 2.05) is 0 Å². The Morgan fingerprint density at radius 2 is 0.794 bits per heavy atom. The summed E-state index contributed by atoms with van der Waals surface area (Å²) in [7, 11) is 0. The zero-order valence-corrected chi connectivity index (χ0v) is 16.6. The second-order valence-corrected chi connectivity index (χ2v) is 7.15. The van der Waals surface area contributed by atoms with E-state index >= 15 is 0 Å². The second-order valence-electron chi connectivity index (χ2n) is 7.15. The highest BCUT2D eigenvalue weighted by Crippen LogP contribution is 2.45. The highest BCUT2D eigenvalue weighted by atomic mass is 19.4. The van der Waals surface area contributed by atoms with Gasteiger partial charge in [0, 0.05) is 24.3 Å². The summed E-state index contributed by atoms with van der Waals surface area (Å²) in [5.41, 5.74) is -5.74. The molecule has 0 fully saturated rings. The van der Waals surface area contributed by atoms with Crippen LogP contribution in [0.5, 0.6) is 0 Å². The van der Waals surface area contributed by atoms with E-state index in [0.29, 0.717) is 21.9 Å². The van der Waals surface area contributed by atoms with Crippen LogP contribution < -0.4 is 9.80 Å². The minimum atomic E-state index is -5.16. The van der Waals surface area contributed by atoms with Gasteiger partial charge in [0.1, 0.15) is 0 Å². The van der Waals surface area contributed by atoms with Crippen LogP contribution in [0.15, 0.2) is 60.7 Å². The van der Waals surface area contributed by atoms with Crippen molar-refractivity contribution in [1.82, 2.24) is 0 Å². The standard InChI is InChI=1S/C22H10F6N2O4/c23-21(24,25)15-9-11(29-17(31)5-6-18(29)32)1-3-13(15)14-4-2-12(10-16(14)22(26,27)28)30-19(33)7-8-20(30)34/h1-10H. The van der Waals surface area contributed by atoms with E-state index in [2.05, 4.69) is 0 Å². The molecule has 0 aromatic heterocycles. The molecule has 0 bridgehead atoms. The molecule has 0 atom stereocenters. The summed E-state index contributed by atoms with van der Waals surface area (Å²) < 4.78 is 83.2. The lowest BCUT2D eigenvalue weighted by molar-refractivity contribution is -0.139. The summed E-state index contributed by atoms with van der Waals surface area (Å²) in [5, 5.41) is 0. The number of rotatable bonds is 3. The zero-order valence-electron chi connectivity index (χ0n) is 16.6. The molecule has 0 saturated heterocycles. The van der Waals surface area contributed by atoms with Crippen molar-refractivity contribution in [3.8, 4) is 11.1 Å². The lowest BCUT2D eigenvalue weighted by atomic mass is 9.93. The lowest BCUT2D eigenvalue weighted by Gasteiger charge is -2.22. The van der Waals surface area contributed by atoms with Crippen LogP contribution in [-0.4, -0.2) is 23.6 Å². The molecule has 0 spiro atoms. The topological polar surface area (TPSA) is 74.8 Å². The minimum Gasteiger partial charge on any atom is -0.269 e. The molecule has 2 aliphatic heterocycles. The molecule has 0 aliphatic carbocycles. The fourth-order valence-corrected chi connectivity index (χ4v) is 3.59. The van der Waals surface area contributed by atoms with Gasteiger partial charge in [0.2, 0.25) is 0 Å². The maximum absolute atomic E-state index is 13.9. The van der Waals surface area contributed by atoms with Gasteiger partial charge in [0.25, 0.3) is 23.6 Å². The van der Waals surface area contributed by atoms with Gasteiger partial charge in [-0.25, -0.2) is 9.80 Å². The molecular weight excluding hydrogens is 470 g/mol. The van der Waals surface area contributed by atoms with Gasteiger partial charge >= 0.3 is 12.4 Å². The molecule has 2 aromatic carbocycles. The van der Waals surface area contributed by atoms with Crippen molar-refractivity contribution in [3.63, 3.8) is 0 Å². The van der Waals surface area contributed by atoms with Gasteiger partial charge in [-0.1, -0.05) is 12.1 Å². The van der Waals surface area contributed by atoms with Crippen molar-refractivity contribution in [2.75, 3.05) is 9.80 Å². The van der Waals surface area contributed by atoms with Crippen LogP contribution in [0.3, 0.4) is 0 Å². The van der Waals surface area contributed by atoms with Gasteiger partial charge in [0.15, 0.2) is 0 Å². The van der Waals surface area contributed by atoms with Crippen LogP contribution in [-0.2, 0) is 31.5 Å². The van der Waals surface area contributed by atoms with Crippen molar-refractivity contribution >= 4 is 35.0 Å². The summed E-state index contributed by atoms with van der Waals surface area (Å²) in [4.78, 5) is 48.2. The summed E-state index contributed by atoms with van der Waals surface area (Å²) in [5.74, 6) is -3.61. The Labute approximate surface area is 186 Å².